The summed E-state index contributed by atoms with van der Waals surface area (Å²) >= 11 is 0. The zero-order valence-electron chi connectivity index (χ0n) is 8.07. The van der Waals surface area contributed by atoms with Gasteiger partial charge in [-0.2, -0.15) is 0 Å². The minimum absolute atomic E-state index is 0.551. The predicted molar refractivity (Wildman–Crippen MR) is 51.3 cm³/mol. The van der Waals surface area contributed by atoms with E-state index in [-0.39, 0.29) is 0 Å². The Bertz CT molecular complexity index is 172. The minimum atomic E-state index is 0.551. The molecule has 0 N–H and O–H groups in total. The van der Waals surface area contributed by atoms with Crippen molar-refractivity contribution >= 4 is 0 Å². The molecule has 0 aromatic rings. The molecule has 0 aliphatic heterocycles. The molecule has 1 atom stereocenters. The molecule has 0 heteroatoms. The first-order chi connectivity index (χ1) is 5.16. The van der Waals surface area contributed by atoms with Crippen LogP contribution in [0.5, 0.6) is 0 Å². The Kier molecular flexibility index (Phi) is 5.65. The van der Waals surface area contributed by atoms with Crippen LogP contribution < -0.4 is 0 Å². The maximum atomic E-state index is 3.14. The van der Waals surface area contributed by atoms with Gasteiger partial charge in [-0.05, 0) is 33.6 Å². The Labute approximate surface area is 70.7 Å². The van der Waals surface area contributed by atoms with Gasteiger partial charge in [0.15, 0.2) is 0 Å². The fourth-order valence-corrected chi connectivity index (χ4v) is 0.941. The highest BCUT2D eigenvalue weighted by molar-refractivity contribution is 5.00. The second-order valence-electron chi connectivity index (χ2n) is 3.15. The summed E-state index contributed by atoms with van der Waals surface area (Å²) in [6.45, 7) is 8.35. The maximum Gasteiger partial charge on any atom is 0.0177 e. The highest BCUT2D eigenvalue weighted by atomic mass is 14.0. The number of allylic oxidation sites excluding steroid dienone is 2. The van der Waals surface area contributed by atoms with Gasteiger partial charge < -0.3 is 0 Å². The zero-order chi connectivity index (χ0) is 8.69. The Morgan fingerprint density at radius 1 is 1.45 bits per heavy atom. The van der Waals surface area contributed by atoms with Crippen molar-refractivity contribution in [3.63, 3.8) is 0 Å². The van der Waals surface area contributed by atoms with Gasteiger partial charge in [-0.3, -0.25) is 0 Å². The summed E-state index contributed by atoms with van der Waals surface area (Å²) in [7, 11) is 0. The van der Waals surface area contributed by atoms with Crippen molar-refractivity contribution in [2.75, 3.05) is 0 Å². The molecule has 0 radical (unpaired) electrons. The average molecular weight is 150 g/mol. The van der Waals surface area contributed by atoms with Crippen LogP contribution in [0.2, 0.25) is 0 Å². The summed E-state index contributed by atoms with van der Waals surface area (Å²) in [4.78, 5) is 0. The van der Waals surface area contributed by atoms with Gasteiger partial charge in [0.2, 0.25) is 0 Å². The third kappa shape index (κ3) is 7.19. The molecular formula is C11H18. The minimum Gasteiger partial charge on any atom is -0.106 e. The molecule has 0 bridgehead atoms. The van der Waals surface area contributed by atoms with Crippen molar-refractivity contribution in [1.29, 1.82) is 0 Å². The molecule has 1 unspecified atom stereocenters. The first-order valence-electron chi connectivity index (χ1n) is 4.22. The zero-order valence-corrected chi connectivity index (χ0v) is 8.07. The highest BCUT2D eigenvalue weighted by Gasteiger charge is 1.93. The van der Waals surface area contributed by atoms with Gasteiger partial charge in [-0.25, -0.2) is 0 Å². The summed E-state index contributed by atoms with van der Waals surface area (Å²) in [6.07, 6.45) is 4.62. The standard InChI is InChI=1S/C11H18/c1-5-7-11(4)9-6-8-10(2)3/h8,11H,6,9H2,1-4H3. The van der Waals surface area contributed by atoms with Crippen LogP contribution in [0.25, 0.3) is 0 Å². The predicted octanol–water partition coefficient (Wildman–Crippen LogP) is 3.39. The van der Waals surface area contributed by atoms with Gasteiger partial charge in [-0.1, -0.05) is 18.6 Å². The van der Waals surface area contributed by atoms with Crippen molar-refractivity contribution in [3.8, 4) is 11.8 Å². The number of rotatable bonds is 3. The van der Waals surface area contributed by atoms with E-state index >= 15 is 0 Å². The molecule has 0 heterocycles. The summed E-state index contributed by atoms with van der Waals surface area (Å²) in [6, 6.07) is 0. The van der Waals surface area contributed by atoms with Gasteiger partial charge >= 0.3 is 0 Å². The number of hydrogen-bond donors (Lipinski definition) is 0. The van der Waals surface area contributed by atoms with E-state index in [9.17, 15) is 0 Å². The SMILES string of the molecule is CC#CC(C)CCC=C(C)C. The van der Waals surface area contributed by atoms with E-state index in [0.717, 1.165) is 6.42 Å². The molecule has 0 aliphatic rings. The largest absolute Gasteiger partial charge is 0.106 e. The van der Waals surface area contributed by atoms with Gasteiger partial charge in [-0.15, -0.1) is 11.8 Å². The lowest BCUT2D eigenvalue weighted by molar-refractivity contribution is 0.677. The Hall–Kier alpha value is -0.700. The first kappa shape index (κ1) is 10.3. The van der Waals surface area contributed by atoms with E-state index in [1.165, 1.54) is 12.0 Å². The molecule has 0 aromatic heterocycles. The van der Waals surface area contributed by atoms with Gasteiger partial charge in [0, 0.05) is 5.92 Å². The molecule has 0 nitrogen and oxygen atoms in total. The molecule has 0 fully saturated rings. The lowest BCUT2D eigenvalue weighted by atomic mass is 10.1. The Morgan fingerprint density at radius 3 is 2.55 bits per heavy atom. The molecule has 0 amide bonds. The van der Waals surface area contributed by atoms with Crippen LogP contribution in [0.1, 0.15) is 40.5 Å². The summed E-state index contributed by atoms with van der Waals surface area (Å²) in [5, 5.41) is 0. The van der Waals surface area contributed by atoms with Crippen molar-refractivity contribution in [2.24, 2.45) is 5.92 Å². The van der Waals surface area contributed by atoms with Crippen molar-refractivity contribution < 1.29 is 0 Å². The van der Waals surface area contributed by atoms with Crippen LogP contribution in [0.3, 0.4) is 0 Å². The fraction of sp³-hybridized carbons (Fsp3) is 0.636. The fourth-order valence-electron chi connectivity index (χ4n) is 0.941. The summed E-state index contributed by atoms with van der Waals surface area (Å²) in [5.41, 5.74) is 1.40. The second-order valence-corrected chi connectivity index (χ2v) is 3.15. The van der Waals surface area contributed by atoms with E-state index in [4.69, 9.17) is 0 Å². The van der Waals surface area contributed by atoms with Crippen LogP contribution in [0, 0.1) is 17.8 Å². The van der Waals surface area contributed by atoms with E-state index in [1.54, 1.807) is 0 Å². The Morgan fingerprint density at radius 2 is 2.09 bits per heavy atom. The van der Waals surface area contributed by atoms with Crippen molar-refractivity contribution in [1.82, 2.24) is 0 Å². The van der Waals surface area contributed by atoms with Crippen LogP contribution in [0.4, 0.5) is 0 Å². The van der Waals surface area contributed by atoms with Crippen LogP contribution in [0.15, 0.2) is 11.6 Å². The van der Waals surface area contributed by atoms with Crippen molar-refractivity contribution in [3.05, 3.63) is 11.6 Å². The van der Waals surface area contributed by atoms with E-state index in [2.05, 4.69) is 38.7 Å². The lowest BCUT2D eigenvalue weighted by Gasteiger charge is -1.99. The van der Waals surface area contributed by atoms with Crippen LogP contribution in [-0.4, -0.2) is 0 Å². The third-order valence-electron chi connectivity index (χ3n) is 1.54. The average Bonchev–Trinajstić information content (AvgIpc) is 1.87. The molecule has 0 rings (SSSR count). The Balaban J connectivity index is 3.52. The molecule has 0 aliphatic carbocycles. The highest BCUT2D eigenvalue weighted by Crippen LogP contribution is 2.05. The third-order valence-corrected chi connectivity index (χ3v) is 1.54. The molecule has 11 heavy (non-hydrogen) atoms. The molecule has 62 valence electrons. The quantitative estimate of drug-likeness (QED) is 0.427. The monoisotopic (exact) mass is 150 g/mol. The topological polar surface area (TPSA) is 0 Å². The van der Waals surface area contributed by atoms with E-state index in [1.807, 2.05) is 6.92 Å². The molecule has 0 aromatic carbocycles. The summed E-state index contributed by atoms with van der Waals surface area (Å²) in [5.74, 6) is 6.63. The molecular weight excluding hydrogens is 132 g/mol. The van der Waals surface area contributed by atoms with Gasteiger partial charge in [0.1, 0.15) is 0 Å². The smallest absolute Gasteiger partial charge is 0.0177 e. The maximum absolute atomic E-state index is 3.14. The van der Waals surface area contributed by atoms with Crippen LogP contribution in [-0.2, 0) is 0 Å². The normalized spacial score (nSPS) is 11.3. The van der Waals surface area contributed by atoms with Crippen molar-refractivity contribution in [2.45, 2.75) is 40.5 Å². The van der Waals surface area contributed by atoms with E-state index < -0.39 is 0 Å². The van der Waals surface area contributed by atoms with Gasteiger partial charge in [0.05, 0.1) is 0 Å². The summed E-state index contributed by atoms with van der Waals surface area (Å²) < 4.78 is 0. The van der Waals surface area contributed by atoms with E-state index in [0.29, 0.717) is 5.92 Å². The first-order valence-corrected chi connectivity index (χ1v) is 4.22. The van der Waals surface area contributed by atoms with Crippen LogP contribution >= 0.6 is 0 Å². The molecule has 0 saturated carbocycles. The second kappa shape index (κ2) is 6.04. The molecule has 0 saturated heterocycles. The number of hydrogen-bond acceptors (Lipinski definition) is 0. The lowest BCUT2D eigenvalue weighted by Crippen LogP contribution is -1.88. The van der Waals surface area contributed by atoms with Gasteiger partial charge in [0.25, 0.3) is 0 Å². The molecule has 0 spiro atoms.